The predicted molar refractivity (Wildman–Crippen MR) is 119 cm³/mol. The standard InChI is InChI=1S/C24H19BrN2O2/c1-29-24(28)19(14-17-8-7-11-20(25)15-17)16-27-22-13-6-5-12-21(22)26-23(27)18-9-3-2-4-10-18/h2-15H,16H2,1H3/b19-14-. The molecule has 0 unspecified atom stereocenters. The Labute approximate surface area is 177 Å². The van der Waals surface area contributed by atoms with Crippen LogP contribution in [0.25, 0.3) is 28.5 Å². The molecule has 0 N–H and O–H groups in total. The van der Waals surface area contributed by atoms with E-state index in [4.69, 9.17) is 9.72 Å². The van der Waals surface area contributed by atoms with Gasteiger partial charge in [0.1, 0.15) is 5.82 Å². The SMILES string of the molecule is COC(=O)/C(=C\c1cccc(Br)c1)Cn1c(-c2ccccc2)nc2ccccc21. The number of imidazole rings is 1. The summed E-state index contributed by atoms with van der Waals surface area (Å²) in [5, 5.41) is 0. The van der Waals surface area contributed by atoms with Gasteiger partial charge in [0.2, 0.25) is 0 Å². The van der Waals surface area contributed by atoms with Crippen LogP contribution in [0.2, 0.25) is 0 Å². The van der Waals surface area contributed by atoms with Crippen LogP contribution < -0.4 is 0 Å². The fourth-order valence-corrected chi connectivity index (χ4v) is 3.73. The van der Waals surface area contributed by atoms with Crippen LogP contribution in [0.3, 0.4) is 0 Å². The van der Waals surface area contributed by atoms with Gasteiger partial charge in [-0.3, -0.25) is 0 Å². The first-order valence-corrected chi connectivity index (χ1v) is 10.00. The van der Waals surface area contributed by atoms with Crippen LogP contribution in [0.4, 0.5) is 0 Å². The fraction of sp³-hybridized carbons (Fsp3) is 0.0833. The Morgan fingerprint density at radius 3 is 2.55 bits per heavy atom. The summed E-state index contributed by atoms with van der Waals surface area (Å²) in [4.78, 5) is 17.4. The Morgan fingerprint density at radius 1 is 1.03 bits per heavy atom. The lowest BCUT2D eigenvalue weighted by Crippen LogP contribution is -2.12. The molecule has 0 saturated carbocycles. The number of halogens is 1. The van der Waals surface area contributed by atoms with E-state index in [1.54, 1.807) is 0 Å². The molecule has 5 heteroatoms. The van der Waals surface area contributed by atoms with Gasteiger partial charge in [-0.05, 0) is 35.9 Å². The van der Waals surface area contributed by atoms with E-state index in [0.29, 0.717) is 12.1 Å². The normalized spacial score (nSPS) is 11.6. The molecule has 0 spiro atoms. The van der Waals surface area contributed by atoms with Crippen LogP contribution >= 0.6 is 15.9 Å². The van der Waals surface area contributed by atoms with E-state index in [2.05, 4.69) is 20.5 Å². The molecule has 0 fully saturated rings. The lowest BCUT2D eigenvalue weighted by Gasteiger charge is -2.12. The first kappa shape index (κ1) is 19.2. The third-order valence-corrected chi connectivity index (χ3v) is 5.15. The summed E-state index contributed by atoms with van der Waals surface area (Å²) in [5.74, 6) is 0.456. The van der Waals surface area contributed by atoms with Gasteiger partial charge in [0, 0.05) is 10.0 Å². The number of esters is 1. The summed E-state index contributed by atoms with van der Waals surface area (Å²) >= 11 is 3.48. The number of para-hydroxylation sites is 2. The van der Waals surface area contributed by atoms with Crippen molar-refractivity contribution in [2.45, 2.75) is 6.54 Å². The highest BCUT2D eigenvalue weighted by Crippen LogP contribution is 2.26. The number of rotatable bonds is 5. The predicted octanol–water partition coefficient (Wildman–Crippen LogP) is 5.72. The van der Waals surface area contributed by atoms with Gasteiger partial charge in [0.15, 0.2) is 0 Å². The molecule has 1 aromatic heterocycles. The number of carbonyl (C=O) groups excluding carboxylic acids is 1. The van der Waals surface area contributed by atoms with Crippen molar-refractivity contribution in [3.63, 3.8) is 0 Å². The second-order valence-electron chi connectivity index (χ2n) is 6.59. The van der Waals surface area contributed by atoms with Gasteiger partial charge in [-0.2, -0.15) is 0 Å². The van der Waals surface area contributed by atoms with Crippen molar-refractivity contribution in [1.29, 1.82) is 0 Å². The van der Waals surface area contributed by atoms with Crippen LogP contribution in [0.15, 0.2) is 88.9 Å². The van der Waals surface area contributed by atoms with Gasteiger partial charge >= 0.3 is 5.97 Å². The quantitative estimate of drug-likeness (QED) is 0.290. The third-order valence-electron chi connectivity index (χ3n) is 4.65. The Kier molecular flexibility index (Phi) is 5.58. The largest absolute Gasteiger partial charge is 0.466 e. The highest BCUT2D eigenvalue weighted by Gasteiger charge is 2.17. The Bertz CT molecular complexity index is 1200. The minimum atomic E-state index is -0.359. The zero-order valence-corrected chi connectivity index (χ0v) is 17.5. The molecule has 0 aliphatic rings. The van der Waals surface area contributed by atoms with Gasteiger partial charge in [-0.1, -0.05) is 70.5 Å². The number of hydrogen-bond acceptors (Lipinski definition) is 3. The van der Waals surface area contributed by atoms with Crippen LogP contribution in [0.1, 0.15) is 5.56 Å². The summed E-state index contributed by atoms with van der Waals surface area (Å²) < 4.78 is 8.08. The molecule has 4 nitrogen and oxygen atoms in total. The van der Waals surface area contributed by atoms with E-state index < -0.39 is 0 Å². The molecule has 0 radical (unpaired) electrons. The van der Waals surface area contributed by atoms with E-state index in [0.717, 1.165) is 32.5 Å². The number of carbonyl (C=O) groups is 1. The molecule has 0 atom stereocenters. The second kappa shape index (κ2) is 8.45. The number of nitrogens with zero attached hydrogens (tertiary/aromatic N) is 2. The number of fused-ring (bicyclic) bond motifs is 1. The van der Waals surface area contributed by atoms with Crippen LogP contribution in [0, 0.1) is 0 Å². The van der Waals surface area contributed by atoms with Crippen LogP contribution in [-0.4, -0.2) is 22.6 Å². The van der Waals surface area contributed by atoms with Crippen molar-refractivity contribution >= 4 is 39.0 Å². The van der Waals surface area contributed by atoms with Crippen molar-refractivity contribution in [2.75, 3.05) is 7.11 Å². The van der Waals surface area contributed by atoms with Gasteiger partial charge in [0.05, 0.1) is 30.3 Å². The molecule has 0 saturated heterocycles. The molecule has 4 rings (SSSR count). The monoisotopic (exact) mass is 446 g/mol. The number of hydrogen-bond donors (Lipinski definition) is 0. The molecule has 4 aromatic rings. The summed E-state index contributed by atoms with van der Waals surface area (Å²) in [6.45, 7) is 0.351. The molecule has 0 amide bonds. The third kappa shape index (κ3) is 4.15. The minimum Gasteiger partial charge on any atom is -0.466 e. The van der Waals surface area contributed by atoms with Crippen LogP contribution in [-0.2, 0) is 16.1 Å². The van der Waals surface area contributed by atoms with Crippen molar-refractivity contribution < 1.29 is 9.53 Å². The highest BCUT2D eigenvalue weighted by atomic mass is 79.9. The van der Waals surface area contributed by atoms with E-state index in [9.17, 15) is 4.79 Å². The minimum absolute atomic E-state index is 0.351. The molecule has 3 aromatic carbocycles. The number of aromatic nitrogens is 2. The van der Waals surface area contributed by atoms with Gasteiger partial charge < -0.3 is 9.30 Å². The van der Waals surface area contributed by atoms with E-state index >= 15 is 0 Å². The average molecular weight is 447 g/mol. The molecular weight excluding hydrogens is 428 g/mol. The van der Waals surface area contributed by atoms with Gasteiger partial charge in [0.25, 0.3) is 0 Å². The zero-order chi connectivity index (χ0) is 20.2. The van der Waals surface area contributed by atoms with Crippen molar-refractivity contribution in [3.8, 4) is 11.4 Å². The zero-order valence-electron chi connectivity index (χ0n) is 15.9. The Morgan fingerprint density at radius 2 is 1.79 bits per heavy atom. The van der Waals surface area contributed by atoms with Crippen LogP contribution in [0.5, 0.6) is 0 Å². The number of benzene rings is 3. The molecule has 1 heterocycles. The molecular formula is C24H19BrN2O2. The maximum atomic E-state index is 12.6. The molecule has 0 bridgehead atoms. The lowest BCUT2D eigenvalue weighted by molar-refractivity contribution is -0.136. The maximum Gasteiger partial charge on any atom is 0.335 e. The lowest BCUT2D eigenvalue weighted by atomic mass is 10.1. The summed E-state index contributed by atoms with van der Waals surface area (Å²) in [5.41, 5.74) is 4.32. The van der Waals surface area contributed by atoms with E-state index in [1.807, 2.05) is 84.9 Å². The maximum absolute atomic E-state index is 12.6. The van der Waals surface area contributed by atoms with Crippen molar-refractivity contribution in [3.05, 3.63) is 94.5 Å². The van der Waals surface area contributed by atoms with Crippen molar-refractivity contribution in [2.24, 2.45) is 0 Å². The van der Waals surface area contributed by atoms with Gasteiger partial charge in [-0.25, -0.2) is 9.78 Å². The Balaban J connectivity index is 1.85. The number of methoxy groups -OCH3 is 1. The molecule has 144 valence electrons. The van der Waals surface area contributed by atoms with E-state index in [-0.39, 0.29) is 5.97 Å². The first-order valence-electron chi connectivity index (χ1n) is 9.21. The summed E-state index contributed by atoms with van der Waals surface area (Å²) in [6, 6.07) is 25.7. The Hall–Kier alpha value is -3.18. The fourth-order valence-electron chi connectivity index (χ4n) is 3.31. The average Bonchev–Trinajstić information content (AvgIpc) is 3.12. The van der Waals surface area contributed by atoms with Gasteiger partial charge in [-0.15, -0.1) is 0 Å². The smallest absolute Gasteiger partial charge is 0.335 e. The highest BCUT2D eigenvalue weighted by molar-refractivity contribution is 9.10. The molecule has 0 aliphatic carbocycles. The topological polar surface area (TPSA) is 44.1 Å². The summed E-state index contributed by atoms with van der Waals surface area (Å²) in [7, 11) is 1.40. The molecule has 0 aliphatic heterocycles. The van der Waals surface area contributed by atoms with E-state index in [1.165, 1.54) is 7.11 Å². The first-order chi connectivity index (χ1) is 14.2. The second-order valence-corrected chi connectivity index (χ2v) is 7.51. The van der Waals surface area contributed by atoms with Crippen molar-refractivity contribution in [1.82, 2.24) is 9.55 Å². The molecule has 29 heavy (non-hydrogen) atoms. The number of ether oxygens (including phenoxy) is 1. The summed E-state index contributed by atoms with van der Waals surface area (Å²) in [6.07, 6.45) is 1.86.